The highest BCUT2D eigenvalue weighted by atomic mass is 16.2. The number of likely N-dealkylation sites (N-methyl/N-ethyl adjacent to an activating group) is 1. The Morgan fingerprint density at radius 2 is 1.84 bits per heavy atom. The standard InChI is InChI=1S/C21H32N8O3/c1-5-25-21(32)27-18(22)12-15(19(30)23-3)13-28-8-10-29(11-9-28)17-7-6-16(20(31)24-4)26-14(17)2/h6-7,12H,5,8-11,13H2,1-4H3,(H,23,30)(H,24,31)(H3,22,25,27,32)/b15-12-. The van der Waals surface area contributed by atoms with E-state index in [4.69, 9.17) is 5.73 Å². The second-order valence-electron chi connectivity index (χ2n) is 7.26. The Kier molecular flexibility index (Phi) is 9.14. The predicted octanol–water partition coefficient (Wildman–Crippen LogP) is -0.369. The highest BCUT2D eigenvalue weighted by molar-refractivity contribution is 6.05. The van der Waals surface area contributed by atoms with Crippen molar-refractivity contribution in [3.05, 3.63) is 35.2 Å². The quantitative estimate of drug-likeness (QED) is 0.255. The number of amides is 4. The lowest BCUT2D eigenvalue weighted by Crippen LogP contribution is -2.48. The van der Waals surface area contributed by atoms with E-state index >= 15 is 0 Å². The first-order valence-electron chi connectivity index (χ1n) is 10.5. The molecule has 1 aromatic rings. The molecule has 0 bridgehead atoms. The van der Waals surface area contributed by atoms with Gasteiger partial charge in [0, 0.05) is 58.9 Å². The highest BCUT2D eigenvalue weighted by Gasteiger charge is 2.22. The lowest BCUT2D eigenvalue weighted by Gasteiger charge is -2.36. The van der Waals surface area contributed by atoms with E-state index in [-0.39, 0.29) is 17.6 Å². The third kappa shape index (κ3) is 6.77. The summed E-state index contributed by atoms with van der Waals surface area (Å²) in [4.78, 5) is 48.1. The summed E-state index contributed by atoms with van der Waals surface area (Å²) in [5, 5.41) is 7.71. The van der Waals surface area contributed by atoms with Crippen LogP contribution in [0.4, 0.5) is 10.5 Å². The van der Waals surface area contributed by atoms with Crippen molar-refractivity contribution in [1.29, 1.82) is 0 Å². The maximum atomic E-state index is 12.3. The van der Waals surface area contributed by atoms with Crippen LogP contribution in [0.3, 0.4) is 0 Å². The number of anilines is 1. The Balaban J connectivity index is 2.04. The molecule has 0 aliphatic carbocycles. The average Bonchev–Trinajstić information content (AvgIpc) is 2.78. The fourth-order valence-electron chi connectivity index (χ4n) is 3.39. The van der Waals surface area contributed by atoms with Crippen molar-refractivity contribution in [2.45, 2.75) is 13.8 Å². The van der Waals surface area contributed by atoms with Gasteiger partial charge in [0.15, 0.2) is 0 Å². The Bertz CT molecular complexity index is 904. The number of aromatic nitrogens is 1. The maximum Gasteiger partial charge on any atom is 0.342 e. The molecule has 1 aromatic heterocycles. The number of nitrogens with two attached hydrogens (primary N) is 1. The number of aliphatic imine (C=N–C) groups is 1. The van der Waals surface area contributed by atoms with Crippen LogP contribution in [-0.2, 0) is 4.79 Å². The topological polar surface area (TPSA) is 145 Å². The molecule has 0 unspecified atom stereocenters. The van der Waals surface area contributed by atoms with Crippen LogP contribution in [0.1, 0.15) is 23.1 Å². The first kappa shape index (κ1) is 24.8. The number of carbonyl (C=O) groups is 3. The third-order valence-corrected chi connectivity index (χ3v) is 5.02. The Hall–Kier alpha value is -3.47. The number of aryl methyl sites for hydroxylation is 1. The third-order valence-electron chi connectivity index (χ3n) is 5.02. The average molecular weight is 445 g/mol. The van der Waals surface area contributed by atoms with E-state index in [9.17, 15) is 14.4 Å². The zero-order chi connectivity index (χ0) is 23.7. The summed E-state index contributed by atoms with van der Waals surface area (Å²) in [5.74, 6) is -0.509. The van der Waals surface area contributed by atoms with Gasteiger partial charge in [-0.25, -0.2) is 9.78 Å². The summed E-state index contributed by atoms with van der Waals surface area (Å²) < 4.78 is 0. The summed E-state index contributed by atoms with van der Waals surface area (Å²) >= 11 is 0. The molecule has 2 rings (SSSR count). The van der Waals surface area contributed by atoms with E-state index in [2.05, 4.69) is 35.7 Å². The molecule has 1 fully saturated rings. The van der Waals surface area contributed by atoms with Crippen molar-refractivity contribution in [3.8, 4) is 0 Å². The molecule has 11 nitrogen and oxygen atoms in total. The van der Waals surface area contributed by atoms with Crippen LogP contribution >= 0.6 is 0 Å². The molecule has 0 aromatic carbocycles. The van der Waals surface area contributed by atoms with Gasteiger partial charge < -0.3 is 26.6 Å². The van der Waals surface area contributed by atoms with Gasteiger partial charge >= 0.3 is 6.03 Å². The molecule has 174 valence electrons. The van der Waals surface area contributed by atoms with Crippen LogP contribution in [-0.4, -0.2) is 86.9 Å². The highest BCUT2D eigenvalue weighted by Crippen LogP contribution is 2.21. The summed E-state index contributed by atoms with van der Waals surface area (Å²) in [5.41, 5.74) is 8.43. The number of nitrogens with one attached hydrogen (secondary N) is 3. The van der Waals surface area contributed by atoms with Gasteiger partial charge in [0.2, 0.25) is 5.91 Å². The number of hydrogen-bond donors (Lipinski definition) is 4. The van der Waals surface area contributed by atoms with E-state index in [1.165, 1.54) is 6.08 Å². The number of rotatable bonds is 7. The van der Waals surface area contributed by atoms with Crippen LogP contribution in [0.15, 0.2) is 28.8 Å². The minimum atomic E-state index is -0.544. The summed E-state index contributed by atoms with van der Waals surface area (Å²) in [6.45, 7) is 7.41. The molecule has 0 saturated carbocycles. The molecule has 0 spiro atoms. The number of amidine groups is 1. The normalized spacial score (nSPS) is 15.3. The van der Waals surface area contributed by atoms with Crippen LogP contribution in [0.25, 0.3) is 0 Å². The molecule has 32 heavy (non-hydrogen) atoms. The Morgan fingerprint density at radius 1 is 1.16 bits per heavy atom. The second-order valence-corrected chi connectivity index (χ2v) is 7.26. The maximum absolute atomic E-state index is 12.3. The van der Waals surface area contributed by atoms with E-state index in [1.807, 2.05) is 13.0 Å². The van der Waals surface area contributed by atoms with Crippen molar-refractivity contribution in [2.75, 3.05) is 58.3 Å². The van der Waals surface area contributed by atoms with Crippen molar-refractivity contribution in [3.63, 3.8) is 0 Å². The summed E-state index contributed by atoms with van der Waals surface area (Å²) in [6.07, 6.45) is 1.44. The number of piperazine rings is 1. The van der Waals surface area contributed by atoms with Gasteiger partial charge in [0.1, 0.15) is 11.5 Å². The minimum absolute atomic E-state index is 0.0221. The van der Waals surface area contributed by atoms with Crippen molar-refractivity contribution >= 4 is 29.4 Å². The molecule has 1 saturated heterocycles. The number of hydrogen-bond acceptors (Lipinski definition) is 6. The SMILES string of the molecule is CCNC(=O)/N=C(N)/C=C(/CN1CCN(c2ccc(C(=O)NC)nc2C)CC1)C(=O)NC. The summed E-state index contributed by atoms with van der Waals surface area (Å²) in [6, 6.07) is 3.09. The molecule has 2 heterocycles. The first-order chi connectivity index (χ1) is 15.3. The van der Waals surface area contributed by atoms with Crippen LogP contribution in [0.2, 0.25) is 0 Å². The number of pyridine rings is 1. The molecule has 4 amide bonds. The van der Waals surface area contributed by atoms with E-state index < -0.39 is 6.03 Å². The number of urea groups is 1. The zero-order valence-corrected chi connectivity index (χ0v) is 19.1. The monoisotopic (exact) mass is 444 g/mol. The molecule has 11 heteroatoms. The van der Waals surface area contributed by atoms with Gasteiger partial charge in [0.25, 0.3) is 5.91 Å². The van der Waals surface area contributed by atoms with Gasteiger partial charge in [-0.05, 0) is 32.1 Å². The Morgan fingerprint density at radius 3 is 2.41 bits per heavy atom. The minimum Gasteiger partial charge on any atom is -0.384 e. The summed E-state index contributed by atoms with van der Waals surface area (Å²) in [7, 11) is 3.12. The van der Waals surface area contributed by atoms with Crippen molar-refractivity contribution in [1.82, 2.24) is 25.8 Å². The van der Waals surface area contributed by atoms with E-state index in [0.29, 0.717) is 24.4 Å². The van der Waals surface area contributed by atoms with Gasteiger partial charge in [-0.15, -0.1) is 0 Å². The van der Waals surface area contributed by atoms with Gasteiger partial charge in [-0.2, -0.15) is 4.99 Å². The molecule has 1 aliphatic rings. The van der Waals surface area contributed by atoms with E-state index in [1.54, 1.807) is 27.1 Å². The second kappa shape index (κ2) is 11.8. The first-order valence-corrected chi connectivity index (χ1v) is 10.5. The Labute approximate surface area is 188 Å². The van der Waals surface area contributed by atoms with Crippen LogP contribution in [0.5, 0.6) is 0 Å². The fraction of sp³-hybridized carbons (Fsp3) is 0.476. The lowest BCUT2D eigenvalue weighted by atomic mass is 10.1. The number of carbonyl (C=O) groups excluding carboxylic acids is 3. The van der Waals surface area contributed by atoms with E-state index in [0.717, 1.165) is 37.6 Å². The molecular weight excluding hydrogens is 412 g/mol. The zero-order valence-electron chi connectivity index (χ0n) is 19.1. The molecular formula is C21H32N8O3. The molecule has 1 aliphatic heterocycles. The molecule has 0 radical (unpaired) electrons. The van der Waals surface area contributed by atoms with Crippen molar-refractivity contribution < 1.29 is 14.4 Å². The van der Waals surface area contributed by atoms with Gasteiger partial charge in [0.05, 0.1) is 11.4 Å². The van der Waals surface area contributed by atoms with Gasteiger partial charge in [-0.3, -0.25) is 14.5 Å². The smallest absolute Gasteiger partial charge is 0.342 e. The van der Waals surface area contributed by atoms with Gasteiger partial charge in [-0.1, -0.05) is 0 Å². The molecule has 5 N–H and O–H groups in total. The van der Waals surface area contributed by atoms with Crippen LogP contribution in [0, 0.1) is 6.92 Å². The fourth-order valence-corrected chi connectivity index (χ4v) is 3.39. The largest absolute Gasteiger partial charge is 0.384 e. The van der Waals surface area contributed by atoms with Crippen molar-refractivity contribution in [2.24, 2.45) is 10.7 Å². The van der Waals surface area contributed by atoms with Crippen LogP contribution < -0.4 is 26.6 Å². The number of nitrogens with zero attached hydrogens (tertiary/aromatic N) is 4. The molecule has 0 atom stereocenters. The predicted molar refractivity (Wildman–Crippen MR) is 124 cm³/mol. The lowest BCUT2D eigenvalue weighted by molar-refractivity contribution is -0.117.